The number of fused-ring (bicyclic) bond motifs is 1. The number of urea groups is 1. The number of anilines is 1. The molecule has 2 aliphatic rings. The fourth-order valence-electron chi connectivity index (χ4n) is 3.99. The van der Waals surface area contributed by atoms with Crippen molar-refractivity contribution in [3.05, 3.63) is 17.1 Å². The molecule has 0 radical (unpaired) electrons. The molecule has 1 aromatic rings. The molecule has 1 fully saturated rings. The Balaban J connectivity index is 2.08. The van der Waals surface area contributed by atoms with E-state index in [1.54, 1.807) is 12.0 Å². The molecule has 0 spiro atoms. The number of rotatable bonds is 2. The Morgan fingerprint density at radius 1 is 1.22 bits per heavy atom. The second kappa shape index (κ2) is 5.33. The van der Waals surface area contributed by atoms with E-state index in [1.807, 2.05) is 13.8 Å². The first-order chi connectivity index (χ1) is 10.8. The topological polar surface area (TPSA) is 107 Å². The van der Waals surface area contributed by atoms with Crippen LogP contribution in [0.5, 0.6) is 0 Å². The number of ether oxygens (including phenoxy) is 1. The molecule has 7 heteroatoms. The maximum Gasteiger partial charge on any atom is 0.315 e. The molecule has 0 aromatic carbocycles. The standard InChI is InChI=1S/C16H25N5O2/c1-15(2)11-10(9-21(15)14(18)22)19-13(20-12(11)17)16(23-3)7-5-4-6-8-16/h4-9H2,1-3H3,(H2,18,22)(H2,17,19,20). The second-order valence-electron chi connectivity index (χ2n) is 7.00. The van der Waals surface area contributed by atoms with Crippen LogP contribution in [-0.2, 0) is 22.4 Å². The SMILES string of the molecule is COC1(c2nc(N)c3c(n2)CN(C(N)=O)C3(C)C)CCCCC1. The van der Waals surface area contributed by atoms with Gasteiger partial charge in [0.15, 0.2) is 5.82 Å². The van der Waals surface area contributed by atoms with Crippen LogP contribution < -0.4 is 11.5 Å². The number of aromatic nitrogens is 2. The molecule has 7 nitrogen and oxygen atoms in total. The van der Waals surface area contributed by atoms with E-state index in [2.05, 4.69) is 4.98 Å². The highest BCUT2D eigenvalue weighted by Gasteiger charge is 2.45. The Hall–Kier alpha value is -1.89. The van der Waals surface area contributed by atoms with E-state index in [0.717, 1.165) is 36.9 Å². The number of carbonyl (C=O) groups is 1. The second-order valence-corrected chi connectivity index (χ2v) is 7.00. The summed E-state index contributed by atoms with van der Waals surface area (Å²) in [7, 11) is 1.71. The normalized spacial score (nSPS) is 22.0. The molecule has 3 rings (SSSR count). The van der Waals surface area contributed by atoms with Gasteiger partial charge in [-0.15, -0.1) is 0 Å². The van der Waals surface area contributed by atoms with Gasteiger partial charge in [0, 0.05) is 12.7 Å². The molecule has 1 saturated carbocycles. The van der Waals surface area contributed by atoms with Crippen LogP contribution in [0.4, 0.5) is 10.6 Å². The van der Waals surface area contributed by atoms with Crippen LogP contribution in [0.1, 0.15) is 63.0 Å². The molecular weight excluding hydrogens is 294 g/mol. The predicted octanol–water partition coefficient (Wildman–Crippen LogP) is 1.99. The first-order valence-corrected chi connectivity index (χ1v) is 8.11. The Kier molecular flexibility index (Phi) is 3.71. The molecule has 1 aromatic heterocycles. The number of hydrogen-bond donors (Lipinski definition) is 2. The molecule has 2 amide bonds. The van der Waals surface area contributed by atoms with E-state index in [9.17, 15) is 4.79 Å². The largest absolute Gasteiger partial charge is 0.383 e. The van der Waals surface area contributed by atoms with E-state index in [4.69, 9.17) is 21.2 Å². The highest BCUT2D eigenvalue weighted by atomic mass is 16.5. The predicted molar refractivity (Wildman–Crippen MR) is 86.4 cm³/mol. The minimum atomic E-state index is -0.601. The zero-order valence-corrected chi connectivity index (χ0v) is 14.1. The first kappa shape index (κ1) is 16.0. The van der Waals surface area contributed by atoms with Crippen molar-refractivity contribution >= 4 is 11.8 Å². The molecule has 23 heavy (non-hydrogen) atoms. The van der Waals surface area contributed by atoms with Gasteiger partial charge < -0.3 is 21.1 Å². The van der Waals surface area contributed by atoms with Crippen LogP contribution in [0.2, 0.25) is 0 Å². The van der Waals surface area contributed by atoms with Crippen LogP contribution in [0.15, 0.2) is 0 Å². The quantitative estimate of drug-likeness (QED) is 0.867. The lowest BCUT2D eigenvalue weighted by molar-refractivity contribution is -0.0515. The van der Waals surface area contributed by atoms with Gasteiger partial charge >= 0.3 is 6.03 Å². The van der Waals surface area contributed by atoms with Gasteiger partial charge in [-0.2, -0.15) is 0 Å². The number of nitrogens with zero attached hydrogens (tertiary/aromatic N) is 3. The van der Waals surface area contributed by atoms with Gasteiger partial charge in [-0.05, 0) is 26.7 Å². The summed E-state index contributed by atoms with van der Waals surface area (Å²) in [4.78, 5) is 22.6. The van der Waals surface area contributed by atoms with E-state index in [-0.39, 0.29) is 0 Å². The third kappa shape index (κ3) is 2.34. The van der Waals surface area contributed by atoms with Crippen molar-refractivity contribution in [2.75, 3.05) is 12.8 Å². The van der Waals surface area contributed by atoms with E-state index >= 15 is 0 Å². The lowest BCUT2D eigenvalue weighted by Gasteiger charge is -2.35. The maximum absolute atomic E-state index is 11.7. The average Bonchev–Trinajstić information content (AvgIpc) is 2.79. The van der Waals surface area contributed by atoms with Gasteiger partial charge in [-0.1, -0.05) is 19.3 Å². The van der Waals surface area contributed by atoms with Crippen LogP contribution in [0.3, 0.4) is 0 Å². The molecular formula is C16H25N5O2. The Labute approximate surface area is 136 Å². The molecule has 2 heterocycles. The van der Waals surface area contributed by atoms with E-state index in [0.29, 0.717) is 18.2 Å². The van der Waals surface area contributed by atoms with Crippen molar-refractivity contribution in [1.29, 1.82) is 0 Å². The highest BCUT2D eigenvalue weighted by molar-refractivity contribution is 5.75. The van der Waals surface area contributed by atoms with Crippen molar-refractivity contribution in [3.8, 4) is 0 Å². The van der Waals surface area contributed by atoms with Crippen molar-refractivity contribution in [2.24, 2.45) is 5.73 Å². The van der Waals surface area contributed by atoms with E-state index in [1.165, 1.54) is 6.42 Å². The molecule has 0 saturated heterocycles. The number of carbonyl (C=O) groups excluding carboxylic acids is 1. The molecule has 126 valence electrons. The van der Waals surface area contributed by atoms with Gasteiger partial charge in [-0.3, -0.25) is 0 Å². The van der Waals surface area contributed by atoms with Crippen molar-refractivity contribution in [1.82, 2.24) is 14.9 Å². The number of methoxy groups -OCH3 is 1. The highest BCUT2D eigenvalue weighted by Crippen LogP contribution is 2.44. The molecule has 0 bridgehead atoms. The number of amides is 2. The number of primary amides is 1. The zero-order valence-electron chi connectivity index (χ0n) is 14.1. The smallest absolute Gasteiger partial charge is 0.315 e. The summed E-state index contributed by atoms with van der Waals surface area (Å²) in [6.45, 7) is 4.18. The van der Waals surface area contributed by atoms with Gasteiger partial charge in [-0.25, -0.2) is 14.8 Å². The number of nitrogens with two attached hydrogens (primary N) is 2. The number of nitrogen functional groups attached to an aromatic ring is 1. The van der Waals surface area contributed by atoms with Crippen molar-refractivity contribution in [2.45, 2.75) is 63.6 Å². The summed E-state index contributed by atoms with van der Waals surface area (Å²) in [6, 6.07) is -0.479. The summed E-state index contributed by atoms with van der Waals surface area (Å²) >= 11 is 0. The van der Waals surface area contributed by atoms with Crippen LogP contribution in [0.25, 0.3) is 0 Å². The third-order valence-corrected chi connectivity index (χ3v) is 5.33. The average molecular weight is 319 g/mol. The van der Waals surface area contributed by atoms with Gasteiger partial charge in [0.05, 0.1) is 17.8 Å². The van der Waals surface area contributed by atoms with Crippen LogP contribution in [-0.4, -0.2) is 28.0 Å². The maximum atomic E-state index is 11.7. The van der Waals surface area contributed by atoms with Gasteiger partial charge in [0.1, 0.15) is 11.4 Å². The first-order valence-electron chi connectivity index (χ1n) is 8.11. The minimum absolute atomic E-state index is 0.358. The summed E-state index contributed by atoms with van der Waals surface area (Å²) in [6.07, 6.45) is 5.17. The minimum Gasteiger partial charge on any atom is -0.383 e. The van der Waals surface area contributed by atoms with Crippen molar-refractivity contribution in [3.63, 3.8) is 0 Å². The lowest BCUT2D eigenvalue weighted by atomic mass is 9.83. The van der Waals surface area contributed by atoms with E-state index < -0.39 is 17.2 Å². The summed E-state index contributed by atoms with van der Waals surface area (Å²) in [5, 5.41) is 0. The zero-order chi connectivity index (χ0) is 16.8. The lowest BCUT2D eigenvalue weighted by Crippen LogP contribution is -2.43. The van der Waals surface area contributed by atoms with Gasteiger partial charge in [0.25, 0.3) is 0 Å². The molecule has 1 aliphatic carbocycles. The Bertz CT molecular complexity index is 638. The van der Waals surface area contributed by atoms with Crippen molar-refractivity contribution < 1.29 is 9.53 Å². The van der Waals surface area contributed by atoms with Crippen LogP contribution in [0, 0.1) is 0 Å². The molecule has 0 unspecified atom stereocenters. The third-order valence-electron chi connectivity index (χ3n) is 5.33. The molecule has 1 aliphatic heterocycles. The summed E-state index contributed by atoms with van der Waals surface area (Å²) < 4.78 is 5.82. The fraction of sp³-hybridized carbons (Fsp3) is 0.688. The number of hydrogen-bond acceptors (Lipinski definition) is 5. The summed E-state index contributed by atoms with van der Waals surface area (Å²) in [5.41, 5.74) is 12.3. The van der Waals surface area contributed by atoms with Gasteiger partial charge in [0.2, 0.25) is 0 Å². The monoisotopic (exact) mass is 319 g/mol. The summed E-state index contributed by atoms with van der Waals surface area (Å²) in [5.74, 6) is 1.05. The van der Waals surface area contributed by atoms with Crippen LogP contribution >= 0.6 is 0 Å². The fourth-order valence-corrected chi connectivity index (χ4v) is 3.99. The Morgan fingerprint density at radius 3 is 2.43 bits per heavy atom. The molecule has 0 atom stereocenters. The molecule has 4 N–H and O–H groups in total. The Morgan fingerprint density at radius 2 is 1.87 bits per heavy atom.